The van der Waals surface area contributed by atoms with Crippen LogP contribution in [0.2, 0.25) is 0 Å². The van der Waals surface area contributed by atoms with E-state index in [0.29, 0.717) is 28.2 Å². The van der Waals surface area contributed by atoms with Gasteiger partial charge in [0.15, 0.2) is 0 Å². The number of pyridine rings is 1. The van der Waals surface area contributed by atoms with Crippen molar-refractivity contribution in [3.05, 3.63) is 168 Å². The Kier molecular flexibility index (Phi) is 10.9. The fraction of sp³-hybridized carbons (Fsp3) is 0.276. The van der Waals surface area contributed by atoms with Crippen LogP contribution >= 0.6 is 0 Å². The molecule has 2 heterocycles. The first-order valence-corrected chi connectivity index (χ1v) is 21.7. The van der Waals surface area contributed by atoms with Crippen LogP contribution in [0.15, 0.2) is 140 Å². The second-order valence-corrected chi connectivity index (χ2v) is 19.7. The van der Waals surface area contributed by atoms with Crippen molar-refractivity contribution < 1.29 is 33.0 Å². The van der Waals surface area contributed by atoms with E-state index in [1.165, 1.54) is 5.56 Å². The molecule has 0 saturated carbocycles. The van der Waals surface area contributed by atoms with E-state index in [4.69, 9.17) is 16.8 Å². The maximum absolute atomic E-state index is 12.5. The number of benzene rings is 6. The zero-order chi connectivity index (χ0) is 48.5. The van der Waals surface area contributed by atoms with E-state index in [2.05, 4.69) is 172 Å². The summed E-state index contributed by atoms with van der Waals surface area (Å²) in [5.41, 5.74) is 12.3. The Balaban J connectivity index is 0.00000684. The summed E-state index contributed by atoms with van der Waals surface area (Å²) in [6, 6.07) is 37.3. The summed E-state index contributed by atoms with van der Waals surface area (Å²) in [6.45, 7) is 24.0. The predicted octanol–water partition coefficient (Wildman–Crippen LogP) is 15.7. The smallest absolute Gasteiger partial charge is 0.148 e. The molecule has 0 saturated heterocycles. The van der Waals surface area contributed by atoms with Gasteiger partial charge in [-0.25, -0.2) is 4.98 Å². The van der Waals surface area contributed by atoms with E-state index >= 15 is 0 Å². The summed E-state index contributed by atoms with van der Waals surface area (Å²) >= 11 is 0. The SMILES string of the molecule is [2H]c1c([2H])c([2H])c(-c2ccnc(-c3[c-]c(-c4cccc5c4nc(-c4cc(C(C)(C)C)cc(C(C)(C)C)c4O)n5-c4ccc(C(C)(C)C)cc4-c4ccccc4)cc(C(C)CC)c3)c2)c([2H])c1[2H].[Pt]. The molecule has 0 radical (unpaired) electrons. The molecule has 6 aromatic carbocycles. The summed E-state index contributed by atoms with van der Waals surface area (Å²) in [5.74, 6) is 0.985. The number of rotatable bonds is 8. The zero-order valence-corrected chi connectivity index (χ0v) is 40.6. The first-order valence-electron chi connectivity index (χ1n) is 24.2. The maximum atomic E-state index is 12.5. The summed E-state index contributed by atoms with van der Waals surface area (Å²) in [4.78, 5) is 10.4. The molecular weight excluding hydrogens is 950 g/mol. The van der Waals surface area contributed by atoms with Crippen LogP contribution in [0.4, 0.5) is 0 Å². The van der Waals surface area contributed by atoms with Crippen LogP contribution in [0, 0.1) is 6.07 Å². The van der Waals surface area contributed by atoms with Crippen LogP contribution in [0.25, 0.3) is 72.7 Å². The second-order valence-electron chi connectivity index (χ2n) is 19.7. The van der Waals surface area contributed by atoms with Crippen LogP contribution in [-0.4, -0.2) is 19.6 Å². The van der Waals surface area contributed by atoms with Crippen LogP contribution in [0.3, 0.4) is 0 Å². The molecule has 0 aliphatic carbocycles. The maximum Gasteiger partial charge on any atom is 0.148 e. The zero-order valence-electron chi connectivity index (χ0n) is 43.3. The largest absolute Gasteiger partial charge is 0.507 e. The molecule has 1 unspecified atom stereocenters. The van der Waals surface area contributed by atoms with Crippen LogP contribution in [0.5, 0.6) is 5.75 Å². The van der Waals surface area contributed by atoms with Crippen molar-refractivity contribution in [1.82, 2.24) is 14.5 Å². The Morgan fingerprint density at radius 1 is 0.667 bits per heavy atom. The van der Waals surface area contributed by atoms with E-state index in [9.17, 15) is 5.11 Å². The first kappa shape index (κ1) is 39.1. The van der Waals surface area contributed by atoms with Gasteiger partial charge in [0.1, 0.15) is 11.6 Å². The van der Waals surface area contributed by atoms with Gasteiger partial charge in [-0.15, -0.1) is 29.3 Å². The molecule has 0 bridgehead atoms. The van der Waals surface area contributed by atoms with Gasteiger partial charge >= 0.3 is 0 Å². The van der Waals surface area contributed by atoms with Crippen LogP contribution in [-0.2, 0) is 37.3 Å². The number of nitrogens with zero attached hydrogens (tertiary/aromatic N) is 3. The third-order valence-corrected chi connectivity index (χ3v) is 12.1. The molecule has 8 aromatic rings. The molecule has 0 aliphatic rings. The second kappa shape index (κ2) is 17.5. The van der Waals surface area contributed by atoms with Crippen molar-refractivity contribution in [3.8, 4) is 67.5 Å². The van der Waals surface area contributed by atoms with Crippen LogP contribution < -0.4 is 0 Å². The van der Waals surface area contributed by atoms with Crippen molar-refractivity contribution >= 4 is 11.0 Å². The van der Waals surface area contributed by atoms with Crippen molar-refractivity contribution in [3.63, 3.8) is 0 Å². The van der Waals surface area contributed by atoms with Crippen LogP contribution in [0.1, 0.15) is 118 Å². The molecule has 0 aliphatic heterocycles. The van der Waals surface area contributed by atoms with Gasteiger partial charge in [-0.1, -0.05) is 185 Å². The molecule has 4 nitrogen and oxygen atoms in total. The number of phenolic OH excluding ortho intramolecular Hbond substituents is 1. The molecule has 2 aromatic heterocycles. The molecular formula is C58H60N3OPt-. The Labute approximate surface area is 396 Å². The van der Waals surface area contributed by atoms with E-state index in [0.717, 1.165) is 62.1 Å². The van der Waals surface area contributed by atoms with Gasteiger partial charge in [-0.3, -0.25) is 9.55 Å². The third kappa shape index (κ3) is 9.11. The molecule has 0 amide bonds. The monoisotopic (exact) mass is 1010 g/mol. The number of aromatic hydroxyl groups is 1. The topological polar surface area (TPSA) is 50.9 Å². The number of aromatic nitrogens is 3. The average molecular weight is 1020 g/mol. The molecule has 8 rings (SSSR count). The molecule has 324 valence electrons. The fourth-order valence-corrected chi connectivity index (χ4v) is 8.12. The van der Waals surface area contributed by atoms with Gasteiger partial charge in [0, 0.05) is 44.1 Å². The minimum atomic E-state index is -0.433. The Bertz CT molecular complexity index is 3180. The van der Waals surface area contributed by atoms with Gasteiger partial charge in [-0.2, -0.15) is 0 Å². The van der Waals surface area contributed by atoms with Gasteiger partial charge < -0.3 is 5.11 Å². The number of hydrogen-bond acceptors (Lipinski definition) is 3. The van der Waals surface area contributed by atoms with Gasteiger partial charge in [0.05, 0.1) is 29.1 Å². The van der Waals surface area contributed by atoms with E-state index in [1.54, 1.807) is 18.3 Å². The Morgan fingerprint density at radius 2 is 1.35 bits per heavy atom. The van der Waals surface area contributed by atoms with Crippen molar-refractivity contribution in [1.29, 1.82) is 0 Å². The molecule has 1 atom stereocenters. The average Bonchev–Trinajstić information content (AvgIpc) is 3.68. The van der Waals surface area contributed by atoms with E-state index in [1.807, 2.05) is 6.07 Å². The molecule has 5 heteroatoms. The Morgan fingerprint density at radius 3 is 2.02 bits per heavy atom. The summed E-state index contributed by atoms with van der Waals surface area (Å²) in [6.07, 6.45) is 2.50. The van der Waals surface area contributed by atoms with Crippen molar-refractivity contribution in [2.24, 2.45) is 0 Å². The number of fused-ring (bicyclic) bond motifs is 1. The normalized spacial score (nSPS) is 13.7. The standard InChI is InChI=1S/C58H60N3O.Pt/c1-12-37(2)41-30-42(32-43(31-41)50-33-40(28-29-59-50)38-20-15-13-16-21-38)46-24-19-25-52-53(46)60-55(48-35-45(57(6,7)8)36-49(54(48)62)58(9,10)11)61(52)51-27-26-44(56(3,4)5)34-47(51)39-22-17-14-18-23-39;/h13-31,33-37,62H,12H2,1-11H3;/q-1;/i13D,15D,16D,20D,21D;. The van der Waals surface area contributed by atoms with Crippen molar-refractivity contribution in [2.45, 2.75) is 105 Å². The Hall–Kier alpha value is -5.57. The first-order chi connectivity index (χ1) is 31.5. The van der Waals surface area contributed by atoms with Gasteiger partial charge in [0.2, 0.25) is 0 Å². The van der Waals surface area contributed by atoms with Gasteiger partial charge in [0.25, 0.3) is 0 Å². The summed E-state index contributed by atoms with van der Waals surface area (Å²) in [7, 11) is 0. The molecule has 63 heavy (non-hydrogen) atoms. The molecule has 0 fully saturated rings. The number of imidazole rings is 1. The quantitative estimate of drug-likeness (QED) is 0.154. The van der Waals surface area contributed by atoms with Gasteiger partial charge in [-0.05, 0) is 80.3 Å². The summed E-state index contributed by atoms with van der Waals surface area (Å²) in [5, 5.41) is 12.5. The van der Waals surface area contributed by atoms with E-state index < -0.39 is 6.04 Å². The number of hydrogen-bond donors (Lipinski definition) is 1. The summed E-state index contributed by atoms with van der Waals surface area (Å²) < 4.78 is 44.5. The predicted molar refractivity (Wildman–Crippen MR) is 261 cm³/mol. The van der Waals surface area contributed by atoms with Crippen molar-refractivity contribution in [2.75, 3.05) is 0 Å². The number of phenols is 1. The molecule has 0 spiro atoms. The third-order valence-electron chi connectivity index (χ3n) is 12.1. The fourth-order valence-electron chi connectivity index (χ4n) is 8.12. The molecule has 1 N–H and O–H groups in total. The number of para-hydroxylation sites is 1. The van der Waals surface area contributed by atoms with E-state index in [-0.39, 0.29) is 78.7 Å². The minimum Gasteiger partial charge on any atom is -0.507 e. The minimum absolute atomic E-state index is 0.